The number of nitrogens with two attached hydrogens (primary N) is 1. The molecule has 1 heterocycles. The third-order valence-corrected chi connectivity index (χ3v) is 2.22. The van der Waals surface area contributed by atoms with Crippen LogP contribution in [0, 0.1) is 0 Å². The minimum absolute atomic E-state index is 0.147. The van der Waals surface area contributed by atoms with Crippen LogP contribution in [-0.2, 0) is 0 Å². The second-order valence-electron chi connectivity index (χ2n) is 2.38. The maximum Gasteiger partial charge on any atom is 0.187 e. The molecule has 0 bridgehead atoms. The summed E-state index contributed by atoms with van der Waals surface area (Å²) in [6, 6.07) is -0.147. The zero-order valence-corrected chi connectivity index (χ0v) is 8.49. The van der Waals surface area contributed by atoms with Crippen LogP contribution in [0.5, 0.6) is 0 Å². The molecule has 66 valence electrons. The normalized spacial score (nSPS) is 13.0. The van der Waals surface area contributed by atoms with E-state index >= 15 is 0 Å². The van der Waals surface area contributed by atoms with Crippen LogP contribution in [0.1, 0.15) is 18.7 Å². The lowest BCUT2D eigenvalue weighted by Crippen LogP contribution is -2.09. The van der Waals surface area contributed by atoms with E-state index in [9.17, 15) is 0 Å². The van der Waals surface area contributed by atoms with Crippen LogP contribution in [0.2, 0.25) is 5.02 Å². The van der Waals surface area contributed by atoms with Crippen LogP contribution in [-0.4, -0.2) is 16.2 Å². The first-order chi connectivity index (χ1) is 5.65. The fourth-order valence-electron chi connectivity index (χ4n) is 0.781. The van der Waals surface area contributed by atoms with Gasteiger partial charge >= 0.3 is 0 Å². The summed E-state index contributed by atoms with van der Waals surface area (Å²) in [5.74, 6) is 0. The number of thioether (sulfide) groups is 1. The molecule has 0 spiro atoms. The molecule has 0 amide bonds. The van der Waals surface area contributed by atoms with Gasteiger partial charge in [-0.15, -0.1) is 0 Å². The fourth-order valence-corrected chi connectivity index (χ4v) is 1.39. The van der Waals surface area contributed by atoms with Gasteiger partial charge in [-0.2, -0.15) is 0 Å². The molecule has 0 aliphatic carbocycles. The van der Waals surface area contributed by atoms with E-state index < -0.39 is 0 Å². The van der Waals surface area contributed by atoms with Crippen molar-refractivity contribution in [1.82, 2.24) is 9.97 Å². The molecular formula is C7H10ClN3S. The predicted octanol–water partition coefficient (Wildman–Crippen LogP) is 1.87. The third-order valence-electron chi connectivity index (χ3n) is 1.36. The van der Waals surface area contributed by atoms with Gasteiger partial charge in [-0.1, -0.05) is 23.4 Å². The highest BCUT2D eigenvalue weighted by Gasteiger charge is 2.08. The Kier molecular flexibility index (Phi) is 3.31. The summed E-state index contributed by atoms with van der Waals surface area (Å²) in [7, 11) is 0. The van der Waals surface area contributed by atoms with Crippen molar-refractivity contribution in [3.63, 3.8) is 0 Å². The second kappa shape index (κ2) is 4.07. The zero-order chi connectivity index (χ0) is 9.14. The molecule has 1 unspecified atom stereocenters. The summed E-state index contributed by atoms with van der Waals surface area (Å²) < 4.78 is 0. The Balaban J connectivity index is 3.08. The first-order valence-electron chi connectivity index (χ1n) is 3.47. The van der Waals surface area contributed by atoms with Crippen molar-refractivity contribution in [2.24, 2.45) is 5.73 Å². The third kappa shape index (κ3) is 2.09. The highest BCUT2D eigenvalue weighted by Crippen LogP contribution is 2.20. The topological polar surface area (TPSA) is 51.8 Å². The van der Waals surface area contributed by atoms with E-state index in [-0.39, 0.29) is 6.04 Å². The molecule has 0 aliphatic heterocycles. The van der Waals surface area contributed by atoms with Gasteiger partial charge in [0.2, 0.25) is 0 Å². The number of hydrogen-bond acceptors (Lipinski definition) is 4. The summed E-state index contributed by atoms with van der Waals surface area (Å²) >= 11 is 7.31. The minimum atomic E-state index is -0.147. The standard InChI is InChI=1S/C7H10ClN3S/c1-4(9)6-5(8)3-10-7(11-6)12-2/h3-4H,9H2,1-2H3. The Morgan fingerprint density at radius 1 is 1.67 bits per heavy atom. The van der Waals surface area contributed by atoms with Crippen molar-refractivity contribution in [3.8, 4) is 0 Å². The molecule has 0 aromatic carbocycles. The average molecular weight is 204 g/mol. The van der Waals surface area contributed by atoms with Crippen molar-refractivity contribution in [1.29, 1.82) is 0 Å². The van der Waals surface area contributed by atoms with Gasteiger partial charge in [0.25, 0.3) is 0 Å². The van der Waals surface area contributed by atoms with Gasteiger partial charge in [0, 0.05) is 6.04 Å². The molecule has 0 saturated heterocycles. The maximum absolute atomic E-state index is 5.83. The molecule has 2 N–H and O–H groups in total. The van der Waals surface area contributed by atoms with Gasteiger partial charge in [-0.05, 0) is 13.2 Å². The molecule has 0 saturated carbocycles. The van der Waals surface area contributed by atoms with Crippen molar-refractivity contribution < 1.29 is 0 Å². The van der Waals surface area contributed by atoms with Crippen LogP contribution in [0.3, 0.4) is 0 Å². The Morgan fingerprint density at radius 3 is 2.83 bits per heavy atom. The van der Waals surface area contributed by atoms with Gasteiger partial charge < -0.3 is 5.73 Å². The van der Waals surface area contributed by atoms with Crippen molar-refractivity contribution in [2.75, 3.05) is 6.26 Å². The summed E-state index contributed by atoms with van der Waals surface area (Å²) in [5, 5.41) is 1.23. The molecule has 0 radical (unpaired) electrons. The molecule has 1 aromatic heterocycles. The van der Waals surface area contributed by atoms with Crippen molar-refractivity contribution >= 4 is 23.4 Å². The lowest BCUT2D eigenvalue weighted by atomic mass is 10.2. The Bertz CT molecular complexity index is 277. The maximum atomic E-state index is 5.83. The van der Waals surface area contributed by atoms with Gasteiger partial charge in [0.15, 0.2) is 5.16 Å². The fraction of sp³-hybridized carbons (Fsp3) is 0.429. The Hall–Kier alpha value is -0.320. The number of hydrogen-bond donors (Lipinski definition) is 1. The molecule has 5 heteroatoms. The van der Waals surface area contributed by atoms with Gasteiger partial charge in [-0.25, -0.2) is 9.97 Å². The number of halogens is 1. The highest BCUT2D eigenvalue weighted by molar-refractivity contribution is 7.98. The van der Waals surface area contributed by atoms with E-state index in [1.165, 1.54) is 11.8 Å². The second-order valence-corrected chi connectivity index (χ2v) is 3.56. The monoisotopic (exact) mass is 203 g/mol. The molecule has 1 aromatic rings. The summed E-state index contributed by atoms with van der Waals surface area (Å²) in [5.41, 5.74) is 6.36. The van der Waals surface area contributed by atoms with Crippen molar-refractivity contribution in [2.45, 2.75) is 18.1 Å². The molecular weight excluding hydrogens is 194 g/mol. The van der Waals surface area contributed by atoms with E-state index in [1.807, 2.05) is 13.2 Å². The highest BCUT2D eigenvalue weighted by atomic mass is 35.5. The van der Waals surface area contributed by atoms with E-state index in [0.29, 0.717) is 15.9 Å². The average Bonchev–Trinajstić information content (AvgIpc) is 2.05. The summed E-state index contributed by atoms with van der Waals surface area (Å²) in [6.45, 7) is 1.85. The lowest BCUT2D eigenvalue weighted by Gasteiger charge is -2.06. The SMILES string of the molecule is CSc1ncc(Cl)c(C(C)N)n1. The van der Waals surface area contributed by atoms with Gasteiger partial charge in [-0.3, -0.25) is 0 Å². The van der Waals surface area contributed by atoms with Crippen LogP contribution < -0.4 is 5.73 Å². The number of nitrogens with zero attached hydrogens (tertiary/aromatic N) is 2. The minimum Gasteiger partial charge on any atom is -0.323 e. The Labute approximate surface area is 80.7 Å². The molecule has 0 aliphatic rings. The number of rotatable bonds is 2. The molecule has 1 atom stereocenters. The van der Waals surface area contributed by atoms with E-state index in [0.717, 1.165) is 0 Å². The summed E-state index contributed by atoms with van der Waals surface area (Å²) in [4.78, 5) is 8.19. The largest absolute Gasteiger partial charge is 0.323 e. The Morgan fingerprint density at radius 2 is 2.33 bits per heavy atom. The predicted molar refractivity (Wildman–Crippen MR) is 51.4 cm³/mol. The van der Waals surface area contributed by atoms with Crippen LogP contribution in [0.25, 0.3) is 0 Å². The van der Waals surface area contributed by atoms with Crippen LogP contribution >= 0.6 is 23.4 Å². The molecule has 1 rings (SSSR count). The van der Waals surface area contributed by atoms with Gasteiger partial charge in [0.1, 0.15) is 0 Å². The molecule has 3 nitrogen and oxygen atoms in total. The van der Waals surface area contributed by atoms with Crippen molar-refractivity contribution in [3.05, 3.63) is 16.9 Å². The van der Waals surface area contributed by atoms with E-state index in [1.54, 1.807) is 6.20 Å². The van der Waals surface area contributed by atoms with Crippen LogP contribution in [0.4, 0.5) is 0 Å². The van der Waals surface area contributed by atoms with E-state index in [2.05, 4.69) is 9.97 Å². The first kappa shape index (κ1) is 9.77. The number of aromatic nitrogens is 2. The van der Waals surface area contributed by atoms with Gasteiger partial charge in [0.05, 0.1) is 16.9 Å². The molecule has 0 fully saturated rings. The zero-order valence-electron chi connectivity index (χ0n) is 6.91. The van der Waals surface area contributed by atoms with E-state index in [4.69, 9.17) is 17.3 Å². The first-order valence-corrected chi connectivity index (χ1v) is 5.07. The van der Waals surface area contributed by atoms with Crippen LogP contribution in [0.15, 0.2) is 11.4 Å². The quantitative estimate of drug-likeness (QED) is 0.589. The summed E-state index contributed by atoms with van der Waals surface area (Å²) in [6.07, 6.45) is 3.49. The molecule has 12 heavy (non-hydrogen) atoms. The smallest absolute Gasteiger partial charge is 0.187 e. The lowest BCUT2D eigenvalue weighted by molar-refractivity contribution is 0.748.